The third-order valence-electron chi connectivity index (χ3n) is 1.75. The van der Waals surface area contributed by atoms with Gasteiger partial charge in [0, 0.05) is 11.8 Å². The highest BCUT2D eigenvalue weighted by molar-refractivity contribution is 9.09. The van der Waals surface area contributed by atoms with Gasteiger partial charge < -0.3 is 9.94 Å². The first kappa shape index (κ1) is 14.4. The van der Waals surface area contributed by atoms with Gasteiger partial charge in [0.25, 0.3) is 0 Å². The Balaban J connectivity index is 3.87. The van der Waals surface area contributed by atoms with Crippen molar-refractivity contribution in [2.75, 3.05) is 5.33 Å². The van der Waals surface area contributed by atoms with E-state index in [0.29, 0.717) is 6.42 Å². The summed E-state index contributed by atoms with van der Waals surface area (Å²) in [5.74, 6) is -0.522. The first-order valence-corrected chi connectivity index (χ1v) is 6.21. The number of nitrogens with zero attached hydrogens (tertiary/aromatic N) is 1. The lowest BCUT2D eigenvalue weighted by Crippen LogP contribution is -2.21. The summed E-state index contributed by atoms with van der Waals surface area (Å²) in [5.41, 5.74) is 0.110. The number of carbonyl (C=O) groups excluding carboxylic acids is 1. The lowest BCUT2D eigenvalue weighted by atomic mass is 10.1. The van der Waals surface area contributed by atoms with E-state index in [1.54, 1.807) is 13.8 Å². The Morgan fingerprint density at radius 1 is 1.40 bits per heavy atom. The Morgan fingerprint density at radius 3 is 2.53 bits per heavy atom. The molecule has 0 aromatic rings. The molecule has 0 aromatic carbocycles. The molecule has 0 aliphatic heterocycles. The van der Waals surface area contributed by atoms with Crippen LogP contribution in [0.2, 0.25) is 0 Å². The monoisotopic (exact) mass is 279 g/mol. The van der Waals surface area contributed by atoms with Crippen LogP contribution in [0, 0.1) is 0 Å². The van der Waals surface area contributed by atoms with Gasteiger partial charge in [-0.05, 0) is 26.7 Å². The molecule has 0 aliphatic carbocycles. The molecule has 0 spiro atoms. The minimum Gasteiger partial charge on any atom is -0.458 e. The van der Waals surface area contributed by atoms with E-state index in [9.17, 15) is 4.79 Å². The largest absolute Gasteiger partial charge is 0.458 e. The Morgan fingerprint density at radius 2 is 2.07 bits per heavy atom. The maximum atomic E-state index is 11.3. The van der Waals surface area contributed by atoms with Crippen LogP contribution in [0.3, 0.4) is 0 Å². The quantitative estimate of drug-likeness (QED) is 0.195. The van der Waals surface area contributed by atoms with Gasteiger partial charge in [-0.3, -0.25) is 0 Å². The summed E-state index contributed by atoms with van der Waals surface area (Å²) < 4.78 is 4.92. The number of rotatable bonds is 7. The van der Waals surface area contributed by atoms with Crippen LogP contribution in [0.25, 0.3) is 0 Å². The van der Waals surface area contributed by atoms with Gasteiger partial charge in [-0.15, -0.1) is 0 Å². The van der Waals surface area contributed by atoms with E-state index in [1.165, 1.54) is 0 Å². The summed E-state index contributed by atoms with van der Waals surface area (Å²) >= 11 is 3.32. The molecule has 88 valence electrons. The summed E-state index contributed by atoms with van der Waals surface area (Å²) in [5, 5.41) is 12.6. The highest BCUT2D eigenvalue weighted by Gasteiger charge is 2.14. The van der Waals surface area contributed by atoms with Crippen LogP contribution >= 0.6 is 15.9 Å². The molecule has 1 N–H and O–H groups in total. The molecule has 0 fully saturated rings. The van der Waals surface area contributed by atoms with E-state index in [4.69, 9.17) is 9.94 Å². The van der Waals surface area contributed by atoms with Crippen molar-refractivity contribution in [3.05, 3.63) is 0 Å². The lowest BCUT2D eigenvalue weighted by Gasteiger charge is -2.08. The molecule has 0 aliphatic rings. The van der Waals surface area contributed by atoms with E-state index in [1.807, 2.05) is 0 Å². The fourth-order valence-corrected chi connectivity index (χ4v) is 1.44. The smallest absolute Gasteiger partial charge is 0.356 e. The van der Waals surface area contributed by atoms with E-state index in [2.05, 4.69) is 21.1 Å². The van der Waals surface area contributed by atoms with Gasteiger partial charge >= 0.3 is 5.97 Å². The van der Waals surface area contributed by atoms with E-state index >= 15 is 0 Å². The Bertz CT molecular complexity index is 217. The maximum absolute atomic E-state index is 11.3. The third kappa shape index (κ3) is 7.36. The average molecular weight is 280 g/mol. The topological polar surface area (TPSA) is 58.9 Å². The predicted octanol–water partition coefficient (Wildman–Crippen LogP) is 2.72. The number of hydrogen-bond acceptors (Lipinski definition) is 4. The van der Waals surface area contributed by atoms with Crippen LogP contribution in [0.1, 0.15) is 39.5 Å². The van der Waals surface area contributed by atoms with E-state index < -0.39 is 5.97 Å². The predicted molar refractivity (Wildman–Crippen MR) is 62.7 cm³/mol. The van der Waals surface area contributed by atoms with E-state index in [-0.39, 0.29) is 11.8 Å². The van der Waals surface area contributed by atoms with Crippen molar-refractivity contribution in [1.82, 2.24) is 0 Å². The van der Waals surface area contributed by atoms with E-state index in [0.717, 1.165) is 24.6 Å². The molecule has 0 amide bonds. The summed E-state index contributed by atoms with van der Waals surface area (Å²) in [6.07, 6.45) is 3.17. The molecule has 0 saturated heterocycles. The first-order valence-electron chi connectivity index (χ1n) is 5.09. The lowest BCUT2D eigenvalue weighted by molar-refractivity contribution is -0.139. The number of hydrogen-bond donors (Lipinski definition) is 1. The molecule has 0 saturated carbocycles. The Kier molecular flexibility index (Phi) is 8.37. The third-order valence-corrected chi connectivity index (χ3v) is 2.31. The summed E-state index contributed by atoms with van der Waals surface area (Å²) in [7, 11) is 0. The fraction of sp³-hybridized carbons (Fsp3) is 0.800. The summed E-state index contributed by atoms with van der Waals surface area (Å²) in [4.78, 5) is 11.3. The molecule has 0 bridgehead atoms. The molecule has 0 atom stereocenters. The molecule has 15 heavy (non-hydrogen) atoms. The van der Waals surface area contributed by atoms with Crippen LogP contribution in [0.15, 0.2) is 5.16 Å². The van der Waals surface area contributed by atoms with Gasteiger partial charge in [-0.25, -0.2) is 4.79 Å². The molecule has 0 heterocycles. The van der Waals surface area contributed by atoms with Crippen molar-refractivity contribution in [1.29, 1.82) is 0 Å². The average Bonchev–Trinajstić information content (AvgIpc) is 2.16. The van der Waals surface area contributed by atoms with Crippen LogP contribution < -0.4 is 0 Å². The normalized spacial score (nSPS) is 11.9. The van der Waals surface area contributed by atoms with Gasteiger partial charge in [-0.2, -0.15) is 0 Å². The van der Waals surface area contributed by atoms with Crippen molar-refractivity contribution in [3.63, 3.8) is 0 Å². The Labute approximate surface area is 98.8 Å². The van der Waals surface area contributed by atoms with Crippen molar-refractivity contribution >= 4 is 27.6 Å². The van der Waals surface area contributed by atoms with Crippen LogP contribution in [-0.2, 0) is 9.53 Å². The van der Waals surface area contributed by atoms with Gasteiger partial charge in [0.2, 0.25) is 0 Å². The molecular weight excluding hydrogens is 262 g/mol. The number of carbonyl (C=O) groups is 1. The fourth-order valence-electron chi connectivity index (χ4n) is 1.04. The zero-order valence-electron chi connectivity index (χ0n) is 9.20. The zero-order valence-corrected chi connectivity index (χ0v) is 10.8. The number of ether oxygens (including phenoxy) is 1. The van der Waals surface area contributed by atoms with Gasteiger partial charge in [0.15, 0.2) is 5.71 Å². The van der Waals surface area contributed by atoms with Crippen molar-refractivity contribution < 1.29 is 14.7 Å². The summed E-state index contributed by atoms with van der Waals surface area (Å²) in [6, 6.07) is 0. The SMILES string of the molecule is CC(C)OC(=O)C(CCCCCBr)=NO. The number of alkyl halides is 1. The number of oxime groups is 1. The molecule has 4 nitrogen and oxygen atoms in total. The molecule has 0 rings (SSSR count). The standard InChI is InChI=1S/C10H18BrNO3/c1-8(2)15-10(13)9(12-14)6-4-3-5-7-11/h8,14H,3-7H2,1-2H3. The molecule has 0 radical (unpaired) electrons. The second-order valence-electron chi connectivity index (χ2n) is 3.50. The number of esters is 1. The van der Waals surface area contributed by atoms with Crippen molar-refractivity contribution in [3.8, 4) is 0 Å². The van der Waals surface area contributed by atoms with Crippen molar-refractivity contribution in [2.45, 2.75) is 45.6 Å². The first-order chi connectivity index (χ1) is 7.11. The number of halogens is 1. The minimum atomic E-state index is -0.522. The molecule has 0 unspecified atom stereocenters. The second kappa shape index (κ2) is 8.71. The van der Waals surface area contributed by atoms with Crippen molar-refractivity contribution in [2.24, 2.45) is 5.16 Å². The highest BCUT2D eigenvalue weighted by atomic mass is 79.9. The van der Waals surface area contributed by atoms with Crippen LogP contribution in [0.5, 0.6) is 0 Å². The minimum absolute atomic E-state index is 0.110. The van der Waals surface area contributed by atoms with Crippen LogP contribution in [-0.4, -0.2) is 28.3 Å². The molecular formula is C10H18BrNO3. The number of unbranched alkanes of at least 4 members (excludes halogenated alkanes) is 2. The molecule has 5 heteroatoms. The molecule has 0 aromatic heterocycles. The van der Waals surface area contributed by atoms with Gasteiger partial charge in [-0.1, -0.05) is 27.5 Å². The zero-order chi connectivity index (χ0) is 11.7. The van der Waals surface area contributed by atoms with Gasteiger partial charge in [0.1, 0.15) is 0 Å². The summed E-state index contributed by atoms with van der Waals surface area (Å²) in [6.45, 7) is 3.52. The Hall–Kier alpha value is -0.580. The second-order valence-corrected chi connectivity index (χ2v) is 4.29. The maximum Gasteiger partial charge on any atom is 0.356 e. The highest BCUT2D eigenvalue weighted by Crippen LogP contribution is 2.05. The van der Waals surface area contributed by atoms with Crippen LogP contribution in [0.4, 0.5) is 0 Å². The van der Waals surface area contributed by atoms with Gasteiger partial charge in [0.05, 0.1) is 6.10 Å².